The number of carbonyl (C=O) groups is 2. The predicted octanol–water partition coefficient (Wildman–Crippen LogP) is 2.90. The van der Waals surface area contributed by atoms with Gasteiger partial charge in [-0.1, -0.05) is 24.3 Å². The van der Waals surface area contributed by atoms with E-state index in [1.165, 1.54) is 6.07 Å². The number of anilines is 1. The Kier molecular flexibility index (Phi) is 5.34. The molecular weight excluding hydrogens is 288 g/mol. The number of carbonyl (C=O) groups excluding carboxylic acids is 1. The molecule has 0 spiro atoms. The van der Waals surface area contributed by atoms with Gasteiger partial charge in [-0.2, -0.15) is 0 Å². The van der Waals surface area contributed by atoms with Crippen molar-refractivity contribution < 1.29 is 14.7 Å². The number of nitrogens with zero attached hydrogens (tertiary/aromatic N) is 1. The first-order valence-electron chi connectivity index (χ1n) is 6.33. The van der Waals surface area contributed by atoms with E-state index in [2.05, 4.69) is 10.3 Å². The fourth-order valence-electron chi connectivity index (χ4n) is 1.61. The van der Waals surface area contributed by atoms with Gasteiger partial charge in [-0.05, 0) is 24.3 Å². The number of benzene rings is 1. The van der Waals surface area contributed by atoms with Crippen molar-refractivity contribution in [1.82, 2.24) is 4.98 Å². The summed E-state index contributed by atoms with van der Waals surface area (Å²) < 4.78 is 0. The SMILES string of the molecule is O=C(CCSc1ccccc1)Nc1cccc(C(=O)O)n1. The lowest BCUT2D eigenvalue weighted by Crippen LogP contribution is -2.14. The minimum Gasteiger partial charge on any atom is -0.477 e. The average Bonchev–Trinajstić information content (AvgIpc) is 2.48. The number of aromatic nitrogens is 1. The van der Waals surface area contributed by atoms with Crippen LogP contribution >= 0.6 is 11.8 Å². The van der Waals surface area contributed by atoms with E-state index in [1.54, 1.807) is 23.9 Å². The molecule has 0 bridgehead atoms. The Labute approximate surface area is 126 Å². The lowest BCUT2D eigenvalue weighted by Gasteiger charge is -2.05. The maximum absolute atomic E-state index is 11.8. The highest BCUT2D eigenvalue weighted by atomic mass is 32.2. The third kappa shape index (κ3) is 4.92. The minimum absolute atomic E-state index is 0.0912. The topological polar surface area (TPSA) is 79.3 Å². The second kappa shape index (κ2) is 7.44. The van der Waals surface area contributed by atoms with Gasteiger partial charge in [0.1, 0.15) is 5.82 Å². The number of rotatable bonds is 6. The number of thioether (sulfide) groups is 1. The Morgan fingerprint density at radius 1 is 1.10 bits per heavy atom. The van der Waals surface area contributed by atoms with E-state index in [9.17, 15) is 9.59 Å². The van der Waals surface area contributed by atoms with Gasteiger partial charge in [-0.15, -0.1) is 11.8 Å². The largest absolute Gasteiger partial charge is 0.477 e. The van der Waals surface area contributed by atoms with Gasteiger partial charge in [-0.3, -0.25) is 4.79 Å². The first-order chi connectivity index (χ1) is 10.1. The molecule has 21 heavy (non-hydrogen) atoms. The highest BCUT2D eigenvalue weighted by Crippen LogP contribution is 2.18. The molecule has 0 unspecified atom stereocenters. The molecule has 0 saturated heterocycles. The Balaban J connectivity index is 1.82. The molecule has 1 heterocycles. The number of amides is 1. The summed E-state index contributed by atoms with van der Waals surface area (Å²) in [5, 5.41) is 11.4. The molecule has 0 atom stereocenters. The van der Waals surface area contributed by atoms with Gasteiger partial charge in [0.05, 0.1) is 0 Å². The summed E-state index contributed by atoms with van der Waals surface area (Å²) >= 11 is 1.59. The standard InChI is InChI=1S/C15H14N2O3S/c18-14(9-10-21-11-5-2-1-3-6-11)17-13-8-4-7-12(16-13)15(19)20/h1-8H,9-10H2,(H,19,20)(H,16,17,18). The molecule has 0 radical (unpaired) electrons. The van der Waals surface area contributed by atoms with Crippen LogP contribution in [0.25, 0.3) is 0 Å². The van der Waals surface area contributed by atoms with Crippen LogP contribution in [0.1, 0.15) is 16.9 Å². The Bertz CT molecular complexity index is 632. The number of hydrogen-bond acceptors (Lipinski definition) is 4. The van der Waals surface area contributed by atoms with Crippen molar-refractivity contribution in [1.29, 1.82) is 0 Å². The van der Waals surface area contributed by atoms with Crippen molar-refractivity contribution in [2.24, 2.45) is 0 Å². The van der Waals surface area contributed by atoms with Crippen LogP contribution in [0.5, 0.6) is 0 Å². The van der Waals surface area contributed by atoms with Crippen LogP contribution in [0.4, 0.5) is 5.82 Å². The Morgan fingerprint density at radius 2 is 1.86 bits per heavy atom. The first-order valence-corrected chi connectivity index (χ1v) is 7.32. The molecule has 0 fully saturated rings. The normalized spacial score (nSPS) is 10.1. The Morgan fingerprint density at radius 3 is 2.57 bits per heavy atom. The highest BCUT2D eigenvalue weighted by molar-refractivity contribution is 7.99. The number of hydrogen-bond donors (Lipinski definition) is 2. The molecular formula is C15H14N2O3S. The molecule has 2 aromatic rings. The van der Waals surface area contributed by atoms with Crippen molar-refractivity contribution in [3.8, 4) is 0 Å². The summed E-state index contributed by atoms with van der Waals surface area (Å²) in [6.45, 7) is 0. The number of carboxylic acids is 1. The summed E-state index contributed by atoms with van der Waals surface area (Å²) in [7, 11) is 0. The van der Waals surface area contributed by atoms with E-state index in [1.807, 2.05) is 30.3 Å². The van der Waals surface area contributed by atoms with Crippen LogP contribution in [0, 0.1) is 0 Å². The summed E-state index contributed by atoms with van der Waals surface area (Å²) in [6.07, 6.45) is 0.332. The second-order valence-electron chi connectivity index (χ2n) is 4.17. The molecule has 0 aliphatic rings. The van der Waals surface area contributed by atoms with E-state index >= 15 is 0 Å². The smallest absolute Gasteiger partial charge is 0.354 e. The van der Waals surface area contributed by atoms with Crippen LogP contribution in [0.15, 0.2) is 53.4 Å². The minimum atomic E-state index is -1.12. The van der Waals surface area contributed by atoms with Crippen molar-refractivity contribution in [3.63, 3.8) is 0 Å². The Hall–Kier alpha value is -2.34. The zero-order chi connectivity index (χ0) is 15.1. The van der Waals surface area contributed by atoms with Crippen LogP contribution in [0.3, 0.4) is 0 Å². The van der Waals surface area contributed by atoms with Crippen LogP contribution in [0.2, 0.25) is 0 Å². The summed E-state index contributed by atoms with van der Waals surface area (Å²) in [5.41, 5.74) is -0.0912. The molecule has 0 saturated carbocycles. The maximum Gasteiger partial charge on any atom is 0.354 e. The van der Waals surface area contributed by atoms with Crippen LogP contribution in [-0.4, -0.2) is 27.7 Å². The van der Waals surface area contributed by atoms with Gasteiger partial charge in [0.25, 0.3) is 0 Å². The van der Waals surface area contributed by atoms with Gasteiger partial charge in [-0.25, -0.2) is 9.78 Å². The molecule has 0 aliphatic heterocycles. The molecule has 0 aliphatic carbocycles. The van der Waals surface area contributed by atoms with E-state index in [0.717, 1.165) is 4.90 Å². The number of pyridine rings is 1. The molecule has 2 rings (SSSR count). The third-order valence-electron chi connectivity index (χ3n) is 2.58. The summed E-state index contributed by atoms with van der Waals surface area (Å²) in [6, 6.07) is 14.3. The molecule has 1 aromatic carbocycles. The van der Waals surface area contributed by atoms with Crippen molar-refractivity contribution in [2.45, 2.75) is 11.3 Å². The third-order valence-corrected chi connectivity index (χ3v) is 3.59. The van der Waals surface area contributed by atoms with E-state index in [0.29, 0.717) is 12.2 Å². The quantitative estimate of drug-likeness (QED) is 0.802. The van der Waals surface area contributed by atoms with Gasteiger partial charge in [0.15, 0.2) is 5.69 Å². The maximum atomic E-state index is 11.8. The lowest BCUT2D eigenvalue weighted by molar-refractivity contribution is -0.115. The van der Waals surface area contributed by atoms with E-state index < -0.39 is 5.97 Å². The monoisotopic (exact) mass is 302 g/mol. The van der Waals surface area contributed by atoms with Gasteiger partial charge in [0.2, 0.25) is 5.91 Å². The van der Waals surface area contributed by atoms with Crippen molar-refractivity contribution in [2.75, 3.05) is 11.1 Å². The zero-order valence-corrected chi connectivity index (χ0v) is 12.0. The fraction of sp³-hybridized carbons (Fsp3) is 0.133. The summed E-state index contributed by atoms with van der Waals surface area (Å²) in [5.74, 6) is -0.405. The average molecular weight is 302 g/mol. The van der Waals surface area contributed by atoms with Gasteiger partial charge in [0, 0.05) is 17.1 Å². The predicted molar refractivity (Wildman–Crippen MR) is 81.6 cm³/mol. The number of carboxylic acid groups (broad SMARTS) is 1. The van der Waals surface area contributed by atoms with Crippen molar-refractivity contribution in [3.05, 3.63) is 54.2 Å². The molecule has 5 nitrogen and oxygen atoms in total. The van der Waals surface area contributed by atoms with E-state index in [4.69, 9.17) is 5.11 Å². The molecule has 108 valence electrons. The molecule has 1 aromatic heterocycles. The van der Waals surface area contributed by atoms with Gasteiger partial charge < -0.3 is 10.4 Å². The first kappa shape index (κ1) is 15.1. The van der Waals surface area contributed by atoms with E-state index in [-0.39, 0.29) is 17.4 Å². The highest BCUT2D eigenvalue weighted by Gasteiger charge is 2.07. The lowest BCUT2D eigenvalue weighted by atomic mass is 10.3. The number of nitrogens with one attached hydrogen (secondary N) is 1. The zero-order valence-electron chi connectivity index (χ0n) is 11.2. The molecule has 2 N–H and O–H groups in total. The summed E-state index contributed by atoms with van der Waals surface area (Å²) in [4.78, 5) is 27.5. The van der Waals surface area contributed by atoms with Crippen LogP contribution < -0.4 is 5.32 Å². The fourth-order valence-corrected chi connectivity index (χ4v) is 2.48. The van der Waals surface area contributed by atoms with Crippen LogP contribution in [-0.2, 0) is 4.79 Å². The molecule has 1 amide bonds. The van der Waals surface area contributed by atoms with Crippen molar-refractivity contribution >= 4 is 29.5 Å². The number of aromatic carboxylic acids is 1. The van der Waals surface area contributed by atoms with Gasteiger partial charge >= 0.3 is 5.97 Å². The second-order valence-corrected chi connectivity index (χ2v) is 5.34. The molecule has 6 heteroatoms.